The van der Waals surface area contributed by atoms with Crippen molar-refractivity contribution in [3.8, 4) is 0 Å². The van der Waals surface area contributed by atoms with Gasteiger partial charge in [-0.05, 0) is 12.1 Å². The van der Waals surface area contributed by atoms with Gasteiger partial charge in [-0.2, -0.15) is 5.10 Å². The van der Waals surface area contributed by atoms with Crippen LogP contribution in [0.5, 0.6) is 0 Å². The Balaban J connectivity index is 2.54. The van der Waals surface area contributed by atoms with E-state index in [0.29, 0.717) is 0 Å². The molecule has 2 heterocycles. The third-order valence-electron chi connectivity index (χ3n) is 3.23. The molecule has 2 aromatic carbocycles. The fraction of sp³-hybridized carbons (Fsp3) is 0. The van der Waals surface area contributed by atoms with Crippen LogP contribution in [-0.2, 0) is 0 Å². The normalized spacial score (nSPS) is 11.8. The summed E-state index contributed by atoms with van der Waals surface area (Å²) in [5, 5.41) is 7.17. The molecule has 0 saturated heterocycles. The van der Waals surface area contributed by atoms with Crippen LogP contribution < -0.4 is 5.43 Å². The van der Waals surface area contributed by atoms with Crippen LogP contribution in [0.25, 0.3) is 27.2 Å². The molecular formula is C14H8N2O. The quantitative estimate of drug-likeness (QED) is 0.456. The summed E-state index contributed by atoms with van der Waals surface area (Å²) >= 11 is 0. The van der Waals surface area contributed by atoms with Gasteiger partial charge in [-0.25, -0.2) is 4.52 Å². The Morgan fingerprint density at radius 3 is 2.59 bits per heavy atom. The van der Waals surface area contributed by atoms with E-state index in [1.807, 2.05) is 40.9 Å². The summed E-state index contributed by atoms with van der Waals surface area (Å²) in [6.07, 6.45) is 1.38. The van der Waals surface area contributed by atoms with Crippen LogP contribution in [0.3, 0.4) is 0 Å². The van der Waals surface area contributed by atoms with Crippen LogP contribution in [0.2, 0.25) is 0 Å². The second-order valence-corrected chi connectivity index (χ2v) is 4.14. The van der Waals surface area contributed by atoms with E-state index in [-0.39, 0.29) is 5.43 Å². The first kappa shape index (κ1) is 8.70. The second-order valence-electron chi connectivity index (χ2n) is 4.14. The molecule has 0 amide bonds. The second kappa shape index (κ2) is 2.83. The van der Waals surface area contributed by atoms with Gasteiger partial charge in [-0.3, -0.25) is 4.79 Å². The summed E-state index contributed by atoms with van der Waals surface area (Å²) in [6, 6.07) is 13.9. The maximum Gasteiger partial charge on any atom is 0.208 e. The highest BCUT2D eigenvalue weighted by Gasteiger charge is 2.11. The van der Waals surface area contributed by atoms with Crippen LogP contribution in [0.1, 0.15) is 0 Å². The molecule has 0 aliphatic rings. The van der Waals surface area contributed by atoms with Gasteiger partial charge in [0.05, 0.1) is 17.2 Å². The Hall–Kier alpha value is -2.42. The number of hydrogen-bond acceptors (Lipinski definition) is 2. The Bertz CT molecular complexity index is 874. The topological polar surface area (TPSA) is 34.4 Å². The minimum absolute atomic E-state index is 0.0223. The molecule has 0 N–H and O–H groups in total. The molecule has 0 atom stereocenters. The molecule has 0 fully saturated rings. The van der Waals surface area contributed by atoms with Crippen molar-refractivity contribution in [2.75, 3.05) is 0 Å². The lowest BCUT2D eigenvalue weighted by molar-refractivity contribution is 0.974. The number of hydrogen-bond donors (Lipinski definition) is 0. The van der Waals surface area contributed by atoms with Gasteiger partial charge < -0.3 is 0 Å². The standard InChI is InChI=1S/C14H8N2O/c17-13-8-15-16-12-7-2-1-4-9(12)10-5-3-6-11(13)14(10)16/h1-8H. The molecule has 0 aliphatic heterocycles. The predicted octanol–water partition coefficient (Wildman–Crippen LogP) is 2.44. The van der Waals surface area contributed by atoms with Crippen molar-refractivity contribution in [1.82, 2.24) is 9.61 Å². The number of para-hydroxylation sites is 2. The molecular weight excluding hydrogens is 212 g/mol. The largest absolute Gasteiger partial charge is 0.287 e. The van der Waals surface area contributed by atoms with Gasteiger partial charge in [0.25, 0.3) is 0 Å². The maximum absolute atomic E-state index is 11.8. The summed E-state index contributed by atoms with van der Waals surface area (Å²) in [5.74, 6) is 0. The Morgan fingerprint density at radius 2 is 1.65 bits per heavy atom. The van der Waals surface area contributed by atoms with Crippen molar-refractivity contribution in [2.24, 2.45) is 0 Å². The van der Waals surface area contributed by atoms with E-state index >= 15 is 0 Å². The molecule has 4 aromatic rings. The first-order valence-corrected chi connectivity index (χ1v) is 5.47. The van der Waals surface area contributed by atoms with E-state index in [1.54, 1.807) is 0 Å². The highest BCUT2D eigenvalue weighted by atomic mass is 16.1. The molecule has 0 spiro atoms. The lowest BCUT2D eigenvalue weighted by Gasteiger charge is -1.97. The lowest BCUT2D eigenvalue weighted by Crippen LogP contribution is -2.05. The predicted molar refractivity (Wildman–Crippen MR) is 67.7 cm³/mol. The minimum Gasteiger partial charge on any atom is -0.287 e. The number of nitrogens with zero attached hydrogens (tertiary/aromatic N) is 2. The summed E-state index contributed by atoms with van der Waals surface area (Å²) in [5.41, 5.74) is 1.94. The van der Waals surface area contributed by atoms with Crippen LogP contribution in [0.4, 0.5) is 0 Å². The van der Waals surface area contributed by atoms with Gasteiger partial charge >= 0.3 is 0 Å². The molecule has 80 valence electrons. The van der Waals surface area contributed by atoms with Gasteiger partial charge in [0.2, 0.25) is 5.43 Å². The highest BCUT2D eigenvalue weighted by molar-refractivity contribution is 6.13. The van der Waals surface area contributed by atoms with E-state index in [2.05, 4.69) is 11.2 Å². The molecule has 0 saturated carbocycles. The zero-order chi connectivity index (χ0) is 11.4. The molecule has 4 rings (SSSR count). The number of rotatable bonds is 0. The Kier molecular flexibility index (Phi) is 1.45. The SMILES string of the molecule is O=c1cnn2c3ccccc3c3cccc1c32. The van der Waals surface area contributed by atoms with E-state index in [0.717, 1.165) is 27.2 Å². The molecule has 17 heavy (non-hydrogen) atoms. The van der Waals surface area contributed by atoms with Gasteiger partial charge in [0.15, 0.2) is 0 Å². The van der Waals surface area contributed by atoms with Gasteiger partial charge in [0, 0.05) is 16.2 Å². The number of benzene rings is 2. The zero-order valence-corrected chi connectivity index (χ0v) is 8.92. The third kappa shape index (κ3) is 0.959. The first-order valence-electron chi connectivity index (χ1n) is 5.47. The number of fused-ring (bicyclic) bond motifs is 3. The fourth-order valence-corrected chi connectivity index (χ4v) is 2.49. The van der Waals surface area contributed by atoms with Gasteiger partial charge in [-0.15, -0.1) is 0 Å². The molecule has 3 nitrogen and oxygen atoms in total. The van der Waals surface area contributed by atoms with Crippen LogP contribution in [0, 0.1) is 0 Å². The van der Waals surface area contributed by atoms with E-state index in [4.69, 9.17) is 0 Å². The molecule has 0 radical (unpaired) electrons. The zero-order valence-electron chi connectivity index (χ0n) is 8.92. The lowest BCUT2D eigenvalue weighted by atomic mass is 10.1. The van der Waals surface area contributed by atoms with Crippen LogP contribution >= 0.6 is 0 Å². The maximum atomic E-state index is 11.8. The Labute approximate surface area is 96.3 Å². The van der Waals surface area contributed by atoms with E-state index in [1.165, 1.54) is 6.20 Å². The minimum atomic E-state index is -0.0223. The van der Waals surface area contributed by atoms with Crippen LogP contribution in [0.15, 0.2) is 53.5 Å². The average Bonchev–Trinajstić information content (AvgIpc) is 2.70. The highest BCUT2D eigenvalue weighted by Crippen LogP contribution is 2.28. The van der Waals surface area contributed by atoms with Crippen molar-refractivity contribution < 1.29 is 0 Å². The van der Waals surface area contributed by atoms with Crippen molar-refractivity contribution in [3.63, 3.8) is 0 Å². The molecule has 0 aliphatic carbocycles. The van der Waals surface area contributed by atoms with Crippen molar-refractivity contribution in [3.05, 3.63) is 58.9 Å². The Morgan fingerprint density at radius 1 is 0.882 bits per heavy atom. The van der Waals surface area contributed by atoms with E-state index in [9.17, 15) is 4.79 Å². The molecule has 2 aromatic heterocycles. The summed E-state index contributed by atoms with van der Waals surface area (Å²) in [6.45, 7) is 0. The summed E-state index contributed by atoms with van der Waals surface area (Å²) < 4.78 is 1.85. The van der Waals surface area contributed by atoms with Crippen molar-refractivity contribution >= 4 is 27.2 Å². The van der Waals surface area contributed by atoms with E-state index < -0.39 is 0 Å². The average molecular weight is 220 g/mol. The molecule has 0 unspecified atom stereocenters. The first-order chi connectivity index (χ1) is 8.36. The van der Waals surface area contributed by atoms with Gasteiger partial charge in [-0.1, -0.05) is 30.3 Å². The monoisotopic (exact) mass is 220 g/mol. The molecule has 3 heteroatoms. The van der Waals surface area contributed by atoms with Crippen molar-refractivity contribution in [1.29, 1.82) is 0 Å². The van der Waals surface area contributed by atoms with Crippen molar-refractivity contribution in [2.45, 2.75) is 0 Å². The van der Waals surface area contributed by atoms with Crippen LogP contribution in [-0.4, -0.2) is 9.61 Å². The summed E-state index contributed by atoms with van der Waals surface area (Å²) in [4.78, 5) is 11.8. The molecule has 0 bridgehead atoms. The summed E-state index contributed by atoms with van der Waals surface area (Å²) in [7, 11) is 0. The van der Waals surface area contributed by atoms with Gasteiger partial charge in [0.1, 0.15) is 0 Å². The fourth-order valence-electron chi connectivity index (χ4n) is 2.49. The number of aromatic nitrogens is 2. The third-order valence-corrected chi connectivity index (χ3v) is 3.23. The smallest absolute Gasteiger partial charge is 0.208 e.